The highest BCUT2D eigenvalue weighted by Gasteiger charge is 2.06. The molecular weight excluding hydrogens is 160 g/mol. The Balaban J connectivity index is 0. The smallest absolute Gasteiger partial charge is 0.286 e. The quantitative estimate of drug-likeness (QED) is 0.416. The Hall–Kier alpha value is -0.235. The second kappa shape index (κ2) is 4.63. The minimum Gasteiger partial charge on any atom is -0.286 e. The van der Waals surface area contributed by atoms with Crippen LogP contribution in [0.1, 0.15) is 0 Å². The number of rotatable bonds is 0. The van der Waals surface area contributed by atoms with Gasteiger partial charge in [-0.3, -0.25) is 17.5 Å². The monoisotopic (exact) mass is 164 g/mol. The topological polar surface area (TPSA) is 54.4 Å². The molecule has 0 aromatic heterocycles. The van der Waals surface area contributed by atoms with Crippen LogP contribution in [-0.2, 0) is 10.1 Å². The SMILES string of the molecule is CS(=O)(=O)O.FB(F)F. The van der Waals surface area contributed by atoms with Gasteiger partial charge in [0.05, 0.1) is 6.26 Å². The fraction of sp³-hybridized carbons (Fsp3) is 1.00. The van der Waals surface area contributed by atoms with Crippen LogP contribution in [0.25, 0.3) is 0 Å². The molecular formula is CH4BF3O3S. The van der Waals surface area contributed by atoms with E-state index < -0.39 is 17.7 Å². The van der Waals surface area contributed by atoms with Gasteiger partial charge in [0.25, 0.3) is 10.1 Å². The van der Waals surface area contributed by atoms with E-state index >= 15 is 0 Å². The first-order chi connectivity index (χ1) is 3.73. The van der Waals surface area contributed by atoms with Crippen LogP contribution in [0.2, 0.25) is 0 Å². The minimum atomic E-state index is -3.67. The van der Waals surface area contributed by atoms with Crippen molar-refractivity contribution < 1.29 is 25.9 Å². The van der Waals surface area contributed by atoms with E-state index in [1.165, 1.54) is 0 Å². The molecule has 0 aromatic carbocycles. The van der Waals surface area contributed by atoms with E-state index in [1.807, 2.05) is 0 Å². The Morgan fingerprint density at radius 3 is 1.33 bits per heavy atom. The summed E-state index contributed by atoms with van der Waals surface area (Å²) in [7, 11) is -7.33. The molecule has 3 nitrogen and oxygen atoms in total. The zero-order valence-corrected chi connectivity index (χ0v) is 5.20. The van der Waals surface area contributed by atoms with Crippen molar-refractivity contribution in [1.82, 2.24) is 0 Å². The van der Waals surface area contributed by atoms with Gasteiger partial charge in [0.1, 0.15) is 0 Å². The lowest BCUT2D eigenvalue weighted by molar-refractivity contribution is 0.490. The zero-order valence-electron chi connectivity index (χ0n) is 4.38. The molecule has 0 heterocycles. The maximum Gasteiger partial charge on any atom is 0.762 e. The highest BCUT2D eigenvalue weighted by molar-refractivity contribution is 7.85. The van der Waals surface area contributed by atoms with Gasteiger partial charge in [-0.05, 0) is 0 Å². The highest BCUT2D eigenvalue weighted by Crippen LogP contribution is 1.80. The standard InChI is InChI=1S/CH4O3S.BF3/c1-5(2,3)4;2-1(3)4/h1H3,(H,2,3,4);. The average Bonchev–Trinajstić information content (AvgIpc) is 1.19. The predicted octanol–water partition coefficient (Wildman–Crippen LogP) is 0.384. The van der Waals surface area contributed by atoms with Gasteiger partial charge in [-0.2, -0.15) is 8.42 Å². The van der Waals surface area contributed by atoms with Crippen LogP contribution < -0.4 is 0 Å². The van der Waals surface area contributed by atoms with E-state index in [2.05, 4.69) is 0 Å². The lowest BCUT2D eigenvalue weighted by Gasteiger charge is -1.69. The summed E-state index contributed by atoms with van der Waals surface area (Å²) in [5, 5.41) is 0. The second-order valence-electron chi connectivity index (χ2n) is 0.980. The third-order valence-electron chi connectivity index (χ3n) is 0. The molecule has 0 atom stereocenters. The molecule has 0 spiro atoms. The largest absolute Gasteiger partial charge is 0.762 e. The van der Waals surface area contributed by atoms with E-state index in [-0.39, 0.29) is 0 Å². The van der Waals surface area contributed by atoms with Crippen molar-refractivity contribution in [2.45, 2.75) is 0 Å². The van der Waals surface area contributed by atoms with Gasteiger partial charge in [0.15, 0.2) is 0 Å². The van der Waals surface area contributed by atoms with Crippen LogP contribution in [-0.4, -0.2) is 26.8 Å². The first-order valence-electron chi connectivity index (χ1n) is 1.58. The normalized spacial score (nSPS) is 9.44. The van der Waals surface area contributed by atoms with Crippen LogP contribution in [0.5, 0.6) is 0 Å². The maximum atomic E-state index is 9.67. The highest BCUT2D eigenvalue weighted by atomic mass is 32.2. The Kier molecular flexibility index (Phi) is 5.94. The summed E-state index contributed by atoms with van der Waals surface area (Å²) in [5.74, 6) is 0. The Morgan fingerprint density at radius 2 is 1.33 bits per heavy atom. The summed E-state index contributed by atoms with van der Waals surface area (Å²) >= 11 is 0. The van der Waals surface area contributed by atoms with Crippen molar-refractivity contribution in [1.29, 1.82) is 0 Å². The molecule has 0 saturated carbocycles. The minimum absolute atomic E-state index is 0.715. The van der Waals surface area contributed by atoms with Gasteiger partial charge in [-0.1, -0.05) is 0 Å². The average molecular weight is 164 g/mol. The van der Waals surface area contributed by atoms with Crippen LogP contribution >= 0.6 is 0 Å². The predicted molar refractivity (Wildman–Crippen MR) is 26.6 cm³/mol. The molecule has 0 aromatic rings. The van der Waals surface area contributed by atoms with Crippen LogP contribution in [0.15, 0.2) is 0 Å². The van der Waals surface area contributed by atoms with E-state index in [9.17, 15) is 21.4 Å². The van der Waals surface area contributed by atoms with Gasteiger partial charge in [-0.25, -0.2) is 0 Å². The third-order valence-corrected chi connectivity index (χ3v) is 0. The number of hydrogen-bond acceptors (Lipinski definition) is 2. The first-order valence-corrected chi connectivity index (χ1v) is 3.43. The molecule has 0 unspecified atom stereocenters. The molecule has 0 amide bonds. The summed E-state index contributed by atoms with van der Waals surface area (Å²) in [5.41, 5.74) is 0. The Morgan fingerprint density at radius 1 is 1.33 bits per heavy atom. The Labute approximate surface area is 50.8 Å². The van der Waals surface area contributed by atoms with E-state index in [0.29, 0.717) is 6.26 Å². The van der Waals surface area contributed by atoms with Crippen molar-refractivity contribution in [3.63, 3.8) is 0 Å². The summed E-state index contributed by atoms with van der Waals surface area (Å²) in [6, 6.07) is 0. The molecule has 0 fully saturated rings. The van der Waals surface area contributed by atoms with Crippen molar-refractivity contribution in [3.8, 4) is 0 Å². The first kappa shape index (κ1) is 11.5. The Bertz CT molecular complexity index is 130. The molecule has 0 saturated heterocycles. The zero-order chi connectivity index (χ0) is 8.08. The molecule has 1 N–H and O–H groups in total. The lowest BCUT2D eigenvalue weighted by atomic mass is 10.5. The van der Waals surface area contributed by atoms with Crippen molar-refractivity contribution in [3.05, 3.63) is 0 Å². The molecule has 0 bridgehead atoms. The molecule has 56 valence electrons. The van der Waals surface area contributed by atoms with Crippen LogP contribution in [0.3, 0.4) is 0 Å². The molecule has 0 radical (unpaired) electrons. The molecule has 0 aliphatic rings. The van der Waals surface area contributed by atoms with E-state index in [4.69, 9.17) is 4.55 Å². The molecule has 9 heavy (non-hydrogen) atoms. The fourth-order valence-corrected chi connectivity index (χ4v) is 0. The lowest BCUT2D eigenvalue weighted by Crippen LogP contribution is -1.88. The van der Waals surface area contributed by atoms with E-state index in [1.54, 1.807) is 0 Å². The van der Waals surface area contributed by atoms with Gasteiger partial charge >= 0.3 is 7.54 Å². The second-order valence-corrected chi connectivity index (χ2v) is 2.45. The summed E-state index contributed by atoms with van der Waals surface area (Å²) < 4.78 is 54.9. The van der Waals surface area contributed by atoms with Gasteiger partial charge < -0.3 is 0 Å². The van der Waals surface area contributed by atoms with Gasteiger partial charge in [0.2, 0.25) is 0 Å². The van der Waals surface area contributed by atoms with Crippen LogP contribution in [0, 0.1) is 0 Å². The van der Waals surface area contributed by atoms with Crippen molar-refractivity contribution in [2.75, 3.05) is 6.26 Å². The molecule has 0 aliphatic heterocycles. The van der Waals surface area contributed by atoms with Gasteiger partial charge in [0, 0.05) is 0 Å². The third kappa shape index (κ3) is 4670. The van der Waals surface area contributed by atoms with Crippen molar-refractivity contribution >= 4 is 17.7 Å². The maximum absolute atomic E-state index is 9.67. The fourth-order valence-electron chi connectivity index (χ4n) is 0. The molecule has 8 heteroatoms. The summed E-state index contributed by atoms with van der Waals surface area (Å²) in [6.45, 7) is 0. The van der Waals surface area contributed by atoms with Crippen LogP contribution in [0.4, 0.5) is 12.9 Å². The van der Waals surface area contributed by atoms with Crippen molar-refractivity contribution in [2.24, 2.45) is 0 Å². The summed E-state index contributed by atoms with van der Waals surface area (Å²) in [4.78, 5) is 0. The molecule has 0 aliphatic carbocycles. The molecule has 0 rings (SSSR count). The number of hydrogen-bond donors (Lipinski definition) is 1. The van der Waals surface area contributed by atoms with Gasteiger partial charge in [-0.15, -0.1) is 0 Å². The van der Waals surface area contributed by atoms with E-state index in [0.717, 1.165) is 0 Å². The number of halogens is 3. The summed E-state index contributed by atoms with van der Waals surface area (Å²) in [6.07, 6.45) is 0.715.